The van der Waals surface area contributed by atoms with Crippen molar-refractivity contribution in [3.05, 3.63) is 77.6 Å². The predicted octanol–water partition coefficient (Wildman–Crippen LogP) is 5.89. The maximum absolute atomic E-state index is 12.3. The smallest absolute Gasteiger partial charge is 0.404 e. The lowest BCUT2D eigenvalue weighted by Crippen LogP contribution is -2.19. The second kappa shape index (κ2) is 11.5. The van der Waals surface area contributed by atoms with Gasteiger partial charge < -0.3 is 15.2 Å². The van der Waals surface area contributed by atoms with Crippen LogP contribution in [0.4, 0.5) is 21.4 Å². The average Bonchev–Trinajstić information content (AvgIpc) is 3.50. The van der Waals surface area contributed by atoms with E-state index in [2.05, 4.69) is 30.9 Å². The highest BCUT2D eigenvalue weighted by Crippen LogP contribution is 2.41. The largest absolute Gasteiger partial charge is 0.524 e. The van der Waals surface area contributed by atoms with E-state index in [1.54, 1.807) is 18.3 Å². The highest BCUT2D eigenvalue weighted by molar-refractivity contribution is 7.46. The molecule has 2 amide bonds. The Morgan fingerprint density at radius 3 is 2.69 bits per heavy atom. The number of phosphoric ester groups is 1. The van der Waals surface area contributed by atoms with Crippen LogP contribution >= 0.6 is 30.5 Å². The van der Waals surface area contributed by atoms with Crippen LogP contribution in [-0.4, -0.2) is 37.3 Å². The van der Waals surface area contributed by atoms with Crippen LogP contribution in [0.2, 0.25) is 0 Å². The van der Waals surface area contributed by atoms with E-state index >= 15 is 0 Å². The zero-order valence-electron chi connectivity index (χ0n) is 20.5. The first-order valence-corrected chi connectivity index (χ1v) is 14.8. The van der Waals surface area contributed by atoms with E-state index in [0.29, 0.717) is 29.6 Å². The van der Waals surface area contributed by atoms with Crippen molar-refractivity contribution in [1.82, 2.24) is 15.0 Å². The van der Waals surface area contributed by atoms with Gasteiger partial charge in [-0.15, -0.1) is 22.7 Å². The van der Waals surface area contributed by atoms with E-state index in [4.69, 9.17) is 14.3 Å². The van der Waals surface area contributed by atoms with Gasteiger partial charge in [0.15, 0.2) is 5.13 Å². The summed E-state index contributed by atoms with van der Waals surface area (Å²) in [5.74, 6) is 0.757. The molecular formula is C25H23N6O5PS2. The van der Waals surface area contributed by atoms with E-state index < -0.39 is 7.82 Å². The van der Waals surface area contributed by atoms with Gasteiger partial charge in [-0.2, -0.15) is 0 Å². The minimum Gasteiger partial charge on any atom is -0.404 e. The fourth-order valence-electron chi connectivity index (χ4n) is 3.73. The second-order valence-electron chi connectivity index (χ2n) is 8.41. The van der Waals surface area contributed by atoms with Gasteiger partial charge in [-0.25, -0.2) is 24.3 Å². The Labute approximate surface area is 231 Å². The number of thiazole rings is 1. The number of amides is 2. The van der Waals surface area contributed by atoms with Crippen LogP contribution in [-0.2, 0) is 11.0 Å². The van der Waals surface area contributed by atoms with Crippen molar-refractivity contribution in [3.63, 3.8) is 0 Å². The van der Waals surface area contributed by atoms with Crippen LogP contribution in [0.15, 0.2) is 67.1 Å². The number of aryl methyl sites for hydroxylation is 1. The van der Waals surface area contributed by atoms with Crippen molar-refractivity contribution >= 4 is 63.4 Å². The van der Waals surface area contributed by atoms with E-state index in [-0.39, 0.29) is 11.8 Å². The molecule has 0 aliphatic rings. The molecule has 0 atom stereocenters. The van der Waals surface area contributed by atoms with Gasteiger partial charge in [0, 0.05) is 34.6 Å². The number of urea groups is 1. The number of aromatic nitrogens is 3. The van der Waals surface area contributed by atoms with Crippen molar-refractivity contribution in [1.29, 1.82) is 0 Å². The van der Waals surface area contributed by atoms with Gasteiger partial charge in [0.05, 0.1) is 10.2 Å². The topological polar surface area (TPSA) is 159 Å². The number of carbonyl (C=O) groups excluding carboxylic acids is 1. The zero-order chi connectivity index (χ0) is 27.4. The summed E-state index contributed by atoms with van der Waals surface area (Å²) >= 11 is 2.86. The van der Waals surface area contributed by atoms with Gasteiger partial charge in [-0.05, 0) is 48.4 Å². The van der Waals surface area contributed by atoms with Crippen LogP contribution in [0, 0.1) is 6.92 Å². The Morgan fingerprint density at radius 2 is 1.87 bits per heavy atom. The summed E-state index contributed by atoms with van der Waals surface area (Å²) in [5, 5.41) is 9.41. The normalized spacial score (nSPS) is 11.4. The Kier molecular flexibility index (Phi) is 7.87. The number of nitrogens with one attached hydrogen (secondary N) is 3. The van der Waals surface area contributed by atoms with E-state index in [9.17, 15) is 9.36 Å². The summed E-state index contributed by atoms with van der Waals surface area (Å²) in [6, 6.07) is 15.6. The number of thiophene rings is 1. The molecule has 0 fully saturated rings. The Hall–Kier alpha value is -3.87. The molecule has 5 aromatic rings. The van der Waals surface area contributed by atoms with Crippen LogP contribution in [0.25, 0.3) is 20.7 Å². The maximum atomic E-state index is 12.3. The van der Waals surface area contributed by atoms with Gasteiger partial charge >= 0.3 is 13.9 Å². The first-order valence-electron chi connectivity index (χ1n) is 11.7. The van der Waals surface area contributed by atoms with Crippen molar-refractivity contribution < 1.29 is 23.7 Å². The Morgan fingerprint density at radius 1 is 1.03 bits per heavy atom. The number of nitrogens with zero attached hydrogens (tertiary/aromatic N) is 3. The van der Waals surface area contributed by atoms with Crippen LogP contribution in [0.1, 0.15) is 10.4 Å². The molecule has 0 bridgehead atoms. The summed E-state index contributed by atoms with van der Waals surface area (Å²) in [4.78, 5) is 45.3. The standard InChI is InChI=1S/C25H23N6O5PS2/c1-15-4-2-6-17(10-15)30-24(32)31-25-27-13-19(38-25)8-9-26-23-22-20(28-14-29-23)12-21(39-22)16-5-3-7-18(11-16)36-37(33,34)35/h2-7,10-14H,8-9H2,1H3,(H,26,28,29)(H2,33,34,35)(H2,27,30,31,32). The maximum Gasteiger partial charge on any atom is 0.524 e. The van der Waals surface area contributed by atoms with Gasteiger partial charge in [-0.1, -0.05) is 24.3 Å². The number of hydrogen-bond donors (Lipinski definition) is 5. The summed E-state index contributed by atoms with van der Waals surface area (Å²) in [5.41, 5.74) is 3.26. The molecule has 2 aromatic carbocycles. The average molecular weight is 583 g/mol. The summed E-state index contributed by atoms with van der Waals surface area (Å²) in [6.07, 6.45) is 3.89. The monoisotopic (exact) mass is 582 g/mol. The fourth-order valence-corrected chi connectivity index (χ4v) is 6.00. The molecule has 0 saturated heterocycles. The molecule has 0 aliphatic heterocycles. The minimum absolute atomic E-state index is 0.0776. The van der Waals surface area contributed by atoms with E-state index in [1.165, 1.54) is 35.1 Å². The number of fused-ring (bicyclic) bond motifs is 1. The number of rotatable bonds is 9. The van der Waals surface area contributed by atoms with Gasteiger partial charge in [-0.3, -0.25) is 15.1 Å². The molecule has 3 heterocycles. The van der Waals surface area contributed by atoms with E-state index in [1.807, 2.05) is 43.3 Å². The third-order valence-corrected chi connectivity index (χ3v) is 7.97. The first kappa shape index (κ1) is 26.7. The third kappa shape index (κ3) is 7.16. The molecule has 14 heteroatoms. The van der Waals surface area contributed by atoms with Gasteiger partial charge in [0.2, 0.25) is 0 Å². The molecule has 5 rings (SSSR count). The van der Waals surface area contributed by atoms with Crippen LogP contribution in [0.5, 0.6) is 5.75 Å². The number of phosphoric acid groups is 1. The molecule has 39 heavy (non-hydrogen) atoms. The lowest BCUT2D eigenvalue weighted by Gasteiger charge is -2.07. The third-order valence-electron chi connectivity index (χ3n) is 5.37. The Balaban J connectivity index is 1.20. The molecular weight excluding hydrogens is 559 g/mol. The summed E-state index contributed by atoms with van der Waals surface area (Å²) in [6.45, 7) is 2.54. The molecule has 11 nitrogen and oxygen atoms in total. The molecule has 0 aliphatic carbocycles. The number of anilines is 3. The highest BCUT2D eigenvalue weighted by atomic mass is 32.1. The first-order chi connectivity index (χ1) is 18.7. The number of benzene rings is 2. The molecule has 5 N–H and O–H groups in total. The number of carbonyl (C=O) groups is 1. The van der Waals surface area contributed by atoms with Gasteiger partial charge in [0.1, 0.15) is 17.9 Å². The SMILES string of the molecule is Cc1cccc(NC(=O)Nc2ncc(CCNc3ncnc4cc(-c5cccc(OP(=O)(O)O)c5)sc34)s2)c1. The fraction of sp³-hybridized carbons (Fsp3) is 0.120. The van der Waals surface area contributed by atoms with E-state index in [0.717, 1.165) is 31.1 Å². The molecule has 200 valence electrons. The van der Waals surface area contributed by atoms with Crippen molar-refractivity contribution in [2.24, 2.45) is 0 Å². The van der Waals surface area contributed by atoms with Crippen LogP contribution in [0.3, 0.4) is 0 Å². The number of hydrogen-bond acceptors (Lipinski definition) is 9. The quantitative estimate of drug-likeness (QED) is 0.134. The molecule has 0 unspecified atom stereocenters. The molecule has 0 radical (unpaired) electrons. The molecule has 0 saturated carbocycles. The Bertz CT molecular complexity index is 1680. The second-order valence-corrected chi connectivity index (χ2v) is 11.7. The summed E-state index contributed by atoms with van der Waals surface area (Å²) in [7, 11) is -4.65. The van der Waals surface area contributed by atoms with Crippen molar-refractivity contribution in [3.8, 4) is 16.2 Å². The lowest BCUT2D eigenvalue weighted by atomic mass is 10.2. The zero-order valence-corrected chi connectivity index (χ0v) is 23.0. The minimum atomic E-state index is -4.65. The van der Waals surface area contributed by atoms with Crippen molar-refractivity contribution in [2.45, 2.75) is 13.3 Å². The predicted molar refractivity (Wildman–Crippen MR) is 154 cm³/mol. The van der Waals surface area contributed by atoms with Crippen LogP contribution < -0.4 is 20.5 Å². The highest BCUT2D eigenvalue weighted by Gasteiger charge is 2.17. The summed E-state index contributed by atoms with van der Waals surface area (Å²) < 4.78 is 16.8. The lowest BCUT2D eigenvalue weighted by molar-refractivity contribution is 0.262. The van der Waals surface area contributed by atoms with Gasteiger partial charge in [0.25, 0.3) is 0 Å². The molecule has 3 aromatic heterocycles. The van der Waals surface area contributed by atoms with Crippen molar-refractivity contribution in [2.75, 3.05) is 22.5 Å². The molecule has 0 spiro atoms.